The highest BCUT2D eigenvalue weighted by atomic mass is 28.3. The second-order valence-corrected chi connectivity index (χ2v) is 15.5. The van der Waals surface area contributed by atoms with Gasteiger partial charge in [-0.1, -0.05) is 77.9 Å². The number of alkyl halides is 3. The summed E-state index contributed by atoms with van der Waals surface area (Å²) in [6, 6.07) is 7.86. The van der Waals surface area contributed by atoms with Crippen molar-refractivity contribution in [3.8, 4) is 0 Å². The second kappa shape index (κ2) is 8.17. The summed E-state index contributed by atoms with van der Waals surface area (Å²) in [6.45, 7) is 12.8. The third-order valence-corrected chi connectivity index (χ3v) is 12.6. The third kappa shape index (κ3) is 4.39. The van der Waals surface area contributed by atoms with Crippen LogP contribution in [0.5, 0.6) is 0 Å². The predicted octanol–water partition coefficient (Wildman–Crippen LogP) is 6.89. The number of nitrogens with zero attached hydrogens (tertiary/aromatic N) is 2. The molecule has 1 aliphatic carbocycles. The normalized spacial score (nSPS) is 16.4. The van der Waals surface area contributed by atoms with Crippen molar-refractivity contribution in [2.45, 2.75) is 96.6 Å². The summed E-state index contributed by atoms with van der Waals surface area (Å²) in [6.07, 6.45) is 0.319. The van der Waals surface area contributed by atoms with Gasteiger partial charge < -0.3 is 0 Å². The summed E-state index contributed by atoms with van der Waals surface area (Å²) in [5, 5.41) is 5.42. The third-order valence-electron chi connectivity index (χ3n) is 7.23. The van der Waals surface area contributed by atoms with Crippen molar-refractivity contribution in [2.24, 2.45) is 0 Å². The van der Waals surface area contributed by atoms with Gasteiger partial charge in [-0.15, -0.1) is 0 Å². The van der Waals surface area contributed by atoms with E-state index in [1.54, 1.807) is 0 Å². The molecule has 1 aromatic heterocycles. The molecule has 1 saturated carbocycles. The molecule has 0 aliphatic heterocycles. The van der Waals surface area contributed by atoms with Crippen LogP contribution < -0.4 is 5.32 Å². The second-order valence-electron chi connectivity index (χ2n) is 10.3. The maximum Gasteiger partial charge on any atom is 0.433 e. The number of rotatable bonds is 5. The molecule has 1 aromatic carbocycles. The Kier molecular flexibility index (Phi) is 6.30. The Bertz CT molecular complexity index is 868. The van der Waals surface area contributed by atoms with Crippen LogP contribution in [0, 0.1) is 0 Å². The highest BCUT2D eigenvalue weighted by Gasteiger charge is 2.47. The van der Waals surface area contributed by atoms with Crippen LogP contribution >= 0.6 is 0 Å². The van der Waals surface area contributed by atoms with Crippen molar-refractivity contribution in [1.82, 2.24) is 9.78 Å². The first kappa shape index (κ1) is 23.1. The summed E-state index contributed by atoms with van der Waals surface area (Å²) >= 11 is 0. The zero-order valence-electron chi connectivity index (χ0n) is 19.2. The van der Waals surface area contributed by atoms with Crippen LogP contribution in [0.2, 0.25) is 18.1 Å². The molecule has 3 rings (SSSR count). The molecule has 1 fully saturated rings. The molecule has 2 aromatic rings. The van der Waals surface area contributed by atoms with Crippen LogP contribution in [0.1, 0.15) is 81.8 Å². The zero-order valence-corrected chi connectivity index (χ0v) is 20.2. The Morgan fingerprint density at radius 2 is 1.53 bits per heavy atom. The molecule has 0 unspecified atom stereocenters. The van der Waals surface area contributed by atoms with E-state index in [-0.39, 0.29) is 17.5 Å². The van der Waals surface area contributed by atoms with E-state index in [2.05, 4.69) is 40.8 Å². The van der Waals surface area contributed by atoms with E-state index in [4.69, 9.17) is 5.10 Å². The quantitative estimate of drug-likeness (QED) is 0.467. The molecule has 0 N–H and O–H groups in total. The van der Waals surface area contributed by atoms with Gasteiger partial charge in [-0.05, 0) is 35.4 Å². The van der Waals surface area contributed by atoms with Crippen molar-refractivity contribution < 1.29 is 13.2 Å². The lowest BCUT2D eigenvalue weighted by molar-refractivity contribution is -0.145. The van der Waals surface area contributed by atoms with Crippen molar-refractivity contribution >= 4 is 13.4 Å². The minimum Gasteiger partial charge on any atom is -0.257 e. The fourth-order valence-corrected chi connectivity index (χ4v) is 6.33. The first-order chi connectivity index (χ1) is 13.9. The molecule has 0 atom stereocenters. The van der Waals surface area contributed by atoms with E-state index < -0.39 is 19.9 Å². The summed E-state index contributed by atoms with van der Waals surface area (Å²) in [5.41, 5.74) is 2.02. The molecule has 0 radical (unpaired) electrons. The van der Waals surface area contributed by atoms with E-state index >= 15 is 0 Å². The average molecular weight is 437 g/mol. The maximum absolute atomic E-state index is 14.4. The Morgan fingerprint density at radius 1 is 1.00 bits per heavy atom. The summed E-state index contributed by atoms with van der Waals surface area (Å²) < 4.78 is 44.7. The van der Waals surface area contributed by atoms with Gasteiger partial charge in [-0.2, -0.15) is 18.3 Å². The number of hydrogen-bond donors (Lipinski definition) is 0. The van der Waals surface area contributed by atoms with Gasteiger partial charge in [0, 0.05) is 17.3 Å². The molecule has 30 heavy (non-hydrogen) atoms. The topological polar surface area (TPSA) is 17.8 Å². The van der Waals surface area contributed by atoms with Gasteiger partial charge in [0.25, 0.3) is 0 Å². The van der Waals surface area contributed by atoms with Crippen LogP contribution in [0.3, 0.4) is 0 Å². The van der Waals surface area contributed by atoms with Crippen LogP contribution in [-0.2, 0) is 19.0 Å². The molecule has 0 spiro atoms. The molecule has 6 heteroatoms. The highest BCUT2D eigenvalue weighted by molar-refractivity contribution is 6.91. The van der Waals surface area contributed by atoms with Crippen molar-refractivity contribution in [3.63, 3.8) is 0 Å². The molecule has 0 bridgehead atoms. The predicted molar refractivity (Wildman–Crippen MR) is 120 cm³/mol. The van der Waals surface area contributed by atoms with Gasteiger partial charge in [0.05, 0.1) is 6.04 Å². The van der Waals surface area contributed by atoms with Crippen molar-refractivity contribution in [1.29, 1.82) is 0 Å². The standard InChI is InChI=1S/C24H35F3N2Si/c1-7-17-12-14-18(15-13-17)16-20-21(24(25,26)27)29(19-10-8-9-11-19)28-22(20)30(5,6)23(2,3)4/h12-15,19H,7-11,16H2,1-6H3. The summed E-state index contributed by atoms with van der Waals surface area (Å²) in [5.74, 6) is 0. The smallest absolute Gasteiger partial charge is 0.257 e. The van der Waals surface area contributed by atoms with Gasteiger partial charge in [-0.3, -0.25) is 4.68 Å². The van der Waals surface area contributed by atoms with E-state index in [1.807, 2.05) is 24.3 Å². The SMILES string of the molecule is CCc1ccc(Cc2c([Si](C)(C)C(C)(C)C)nn(C3CCCC3)c2C(F)(F)F)cc1. The van der Waals surface area contributed by atoms with Crippen LogP contribution in [0.25, 0.3) is 0 Å². The van der Waals surface area contributed by atoms with E-state index in [9.17, 15) is 13.2 Å². The molecular weight excluding hydrogens is 401 g/mol. The minimum atomic E-state index is -4.41. The molecular formula is C24H35F3N2Si. The van der Waals surface area contributed by atoms with Gasteiger partial charge in [-0.25, -0.2) is 0 Å². The van der Waals surface area contributed by atoms with E-state index in [0.29, 0.717) is 5.56 Å². The highest BCUT2D eigenvalue weighted by Crippen LogP contribution is 2.42. The molecule has 2 nitrogen and oxygen atoms in total. The van der Waals surface area contributed by atoms with E-state index in [1.165, 1.54) is 10.2 Å². The Balaban J connectivity index is 2.21. The average Bonchev–Trinajstić information content (AvgIpc) is 3.28. The van der Waals surface area contributed by atoms with Gasteiger partial charge in [0.2, 0.25) is 0 Å². The lowest BCUT2D eigenvalue weighted by Gasteiger charge is -2.36. The fourth-order valence-electron chi connectivity index (χ4n) is 4.30. The number of hydrogen-bond acceptors (Lipinski definition) is 1. The fraction of sp³-hybridized carbons (Fsp3) is 0.625. The Labute approximate surface area is 179 Å². The molecule has 0 amide bonds. The first-order valence-corrected chi connectivity index (χ1v) is 14.1. The van der Waals surface area contributed by atoms with E-state index in [0.717, 1.165) is 43.0 Å². The Morgan fingerprint density at radius 3 is 2.00 bits per heavy atom. The number of aromatic nitrogens is 2. The largest absolute Gasteiger partial charge is 0.433 e. The van der Waals surface area contributed by atoms with Crippen LogP contribution in [0.15, 0.2) is 24.3 Å². The summed E-state index contributed by atoms with van der Waals surface area (Å²) in [4.78, 5) is 0. The monoisotopic (exact) mass is 436 g/mol. The van der Waals surface area contributed by atoms with Gasteiger partial charge in [0.1, 0.15) is 13.8 Å². The van der Waals surface area contributed by atoms with Crippen LogP contribution in [-0.4, -0.2) is 17.9 Å². The molecule has 1 heterocycles. The lowest BCUT2D eigenvalue weighted by Crippen LogP contribution is -2.52. The zero-order chi connectivity index (χ0) is 22.3. The van der Waals surface area contributed by atoms with Crippen LogP contribution in [0.4, 0.5) is 13.2 Å². The maximum atomic E-state index is 14.4. The number of benzene rings is 1. The lowest BCUT2D eigenvalue weighted by atomic mass is 10.0. The number of aryl methyl sites for hydroxylation is 1. The first-order valence-electron chi connectivity index (χ1n) is 11.1. The molecule has 166 valence electrons. The number of halogens is 3. The van der Waals surface area contributed by atoms with Gasteiger partial charge >= 0.3 is 6.18 Å². The minimum absolute atomic E-state index is 0.0917. The van der Waals surface area contributed by atoms with Crippen molar-refractivity contribution in [3.05, 3.63) is 46.6 Å². The molecule has 1 aliphatic rings. The van der Waals surface area contributed by atoms with Gasteiger partial charge in [0.15, 0.2) is 0 Å². The molecule has 0 saturated heterocycles. The van der Waals surface area contributed by atoms with Crippen molar-refractivity contribution in [2.75, 3.05) is 0 Å². The Hall–Kier alpha value is -1.56. The summed E-state index contributed by atoms with van der Waals surface area (Å²) in [7, 11) is -2.27.